The molecule has 2 aromatic carbocycles. The fraction of sp³-hybridized carbons (Fsp3) is 0.292. The molecule has 0 aliphatic rings. The van der Waals surface area contributed by atoms with Crippen molar-refractivity contribution in [3.05, 3.63) is 79.0 Å². The Hall–Kier alpha value is -2.63. The van der Waals surface area contributed by atoms with Gasteiger partial charge in [0, 0.05) is 6.07 Å². The van der Waals surface area contributed by atoms with Gasteiger partial charge in [0.1, 0.15) is 11.9 Å². The molecule has 0 aliphatic carbocycles. The van der Waals surface area contributed by atoms with E-state index in [1.54, 1.807) is 12.1 Å². The highest BCUT2D eigenvalue weighted by molar-refractivity contribution is 6.99. The largest absolute Gasteiger partial charge is 0.506 e. The number of benzene rings is 2. The van der Waals surface area contributed by atoms with Crippen LogP contribution in [0.5, 0.6) is 11.6 Å². The average Bonchev–Trinajstić information content (AvgIpc) is 2.71. The van der Waals surface area contributed by atoms with E-state index < -0.39 is 8.32 Å². The topological polar surface area (TPSA) is 51.6 Å². The highest BCUT2D eigenvalue weighted by Crippen LogP contribution is 2.36. The van der Waals surface area contributed by atoms with Gasteiger partial charge in [-0.05, 0) is 28.4 Å². The molecule has 1 atom stereocenters. The van der Waals surface area contributed by atoms with Gasteiger partial charge in [0.05, 0.1) is 12.8 Å². The summed E-state index contributed by atoms with van der Waals surface area (Å²) >= 11 is 0. The first-order chi connectivity index (χ1) is 13.8. The summed E-state index contributed by atoms with van der Waals surface area (Å²) in [4.78, 5) is 4.11. The molecular formula is C24H29NO3Si. The molecule has 5 heteroatoms. The Morgan fingerprint density at radius 3 is 1.90 bits per heavy atom. The number of hydrogen-bond donors (Lipinski definition) is 1. The number of aromatic hydroxyl groups is 1. The zero-order chi connectivity index (χ0) is 20.9. The molecular weight excluding hydrogens is 378 g/mol. The molecule has 0 bridgehead atoms. The lowest BCUT2D eigenvalue weighted by Gasteiger charge is -2.43. The van der Waals surface area contributed by atoms with Crippen LogP contribution in [0.25, 0.3) is 0 Å². The Labute approximate surface area is 174 Å². The van der Waals surface area contributed by atoms with Gasteiger partial charge >= 0.3 is 0 Å². The standard InChI is InChI=1S/C24H29NO3Si/c1-19(28-23-16-15-20(26)17-25-23)18-27-29(24(2,3)4,21-11-7-5-8-12-21)22-13-9-6-10-14-22/h5-17,19,26H,18H2,1-4H3. The van der Waals surface area contributed by atoms with E-state index in [2.05, 4.69) is 74.3 Å². The first-order valence-corrected chi connectivity index (χ1v) is 11.8. The summed E-state index contributed by atoms with van der Waals surface area (Å²) in [7, 11) is -2.58. The van der Waals surface area contributed by atoms with Crippen LogP contribution < -0.4 is 15.1 Å². The maximum Gasteiger partial charge on any atom is 0.261 e. The number of aromatic nitrogens is 1. The summed E-state index contributed by atoms with van der Waals surface area (Å²) in [6, 6.07) is 24.3. The molecule has 3 aromatic rings. The van der Waals surface area contributed by atoms with Gasteiger partial charge in [-0.15, -0.1) is 0 Å². The second kappa shape index (κ2) is 8.80. The third-order valence-electron chi connectivity index (χ3n) is 4.99. The molecule has 0 saturated carbocycles. The van der Waals surface area contributed by atoms with Crippen LogP contribution in [0, 0.1) is 0 Å². The Bertz CT molecular complexity index is 853. The van der Waals surface area contributed by atoms with Gasteiger partial charge in [-0.3, -0.25) is 0 Å². The molecule has 29 heavy (non-hydrogen) atoms. The van der Waals surface area contributed by atoms with Crippen molar-refractivity contribution in [2.45, 2.75) is 38.8 Å². The van der Waals surface area contributed by atoms with Crippen LogP contribution in [0.3, 0.4) is 0 Å². The predicted molar refractivity (Wildman–Crippen MR) is 120 cm³/mol. The summed E-state index contributed by atoms with van der Waals surface area (Å²) in [5.41, 5.74) is 0. The van der Waals surface area contributed by atoms with Crippen molar-refractivity contribution in [1.29, 1.82) is 0 Å². The summed E-state index contributed by atoms with van der Waals surface area (Å²) < 4.78 is 12.8. The monoisotopic (exact) mass is 407 g/mol. The minimum Gasteiger partial charge on any atom is -0.506 e. The van der Waals surface area contributed by atoms with Crippen molar-refractivity contribution in [2.24, 2.45) is 0 Å². The van der Waals surface area contributed by atoms with Gasteiger partial charge in [0.15, 0.2) is 0 Å². The number of hydrogen-bond acceptors (Lipinski definition) is 4. The summed E-state index contributed by atoms with van der Waals surface area (Å²) in [5.74, 6) is 0.593. The fourth-order valence-corrected chi connectivity index (χ4v) is 8.33. The molecule has 0 spiro atoms. The number of ether oxygens (including phenoxy) is 1. The van der Waals surface area contributed by atoms with Crippen molar-refractivity contribution >= 4 is 18.7 Å². The molecule has 1 unspecified atom stereocenters. The predicted octanol–water partition coefficient (Wildman–Crippen LogP) is 4.13. The zero-order valence-corrected chi connectivity index (χ0v) is 18.5. The zero-order valence-electron chi connectivity index (χ0n) is 17.5. The Morgan fingerprint density at radius 1 is 0.897 bits per heavy atom. The molecule has 1 heterocycles. The van der Waals surface area contributed by atoms with Gasteiger partial charge in [-0.1, -0.05) is 81.4 Å². The van der Waals surface area contributed by atoms with Crippen molar-refractivity contribution in [3.8, 4) is 11.6 Å². The second-order valence-corrected chi connectivity index (χ2v) is 12.6. The van der Waals surface area contributed by atoms with Crippen molar-refractivity contribution < 1.29 is 14.3 Å². The molecule has 1 N–H and O–H groups in total. The molecule has 0 saturated heterocycles. The van der Waals surface area contributed by atoms with Crippen molar-refractivity contribution in [2.75, 3.05) is 6.61 Å². The second-order valence-electron chi connectivity index (χ2n) is 8.26. The maximum atomic E-state index is 9.41. The van der Waals surface area contributed by atoms with Crippen LogP contribution >= 0.6 is 0 Å². The first-order valence-electron chi connectivity index (χ1n) is 9.89. The van der Waals surface area contributed by atoms with Crippen LogP contribution in [0.1, 0.15) is 27.7 Å². The maximum absolute atomic E-state index is 9.41. The highest BCUT2D eigenvalue weighted by atomic mass is 28.4. The Kier molecular flexibility index (Phi) is 6.40. The van der Waals surface area contributed by atoms with Gasteiger partial charge in [0.25, 0.3) is 8.32 Å². The quantitative estimate of drug-likeness (QED) is 0.598. The van der Waals surface area contributed by atoms with E-state index in [1.807, 2.05) is 19.1 Å². The summed E-state index contributed by atoms with van der Waals surface area (Å²) in [6.07, 6.45) is 1.19. The molecule has 152 valence electrons. The van der Waals surface area contributed by atoms with Gasteiger partial charge < -0.3 is 14.3 Å². The molecule has 0 amide bonds. The lowest BCUT2D eigenvalue weighted by Crippen LogP contribution is -2.67. The normalized spacial score (nSPS) is 13.1. The van der Waals surface area contributed by atoms with E-state index in [1.165, 1.54) is 16.6 Å². The van der Waals surface area contributed by atoms with Gasteiger partial charge in [0.2, 0.25) is 5.88 Å². The Morgan fingerprint density at radius 2 is 1.45 bits per heavy atom. The van der Waals surface area contributed by atoms with E-state index in [4.69, 9.17) is 9.16 Å². The van der Waals surface area contributed by atoms with Crippen molar-refractivity contribution in [1.82, 2.24) is 4.98 Å². The van der Waals surface area contributed by atoms with Crippen LogP contribution in [0.2, 0.25) is 5.04 Å². The van der Waals surface area contributed by atoms with Gasteiger partial charge in [-0.2, -0.15) is 0 Å². The minimum absolute atomic E-state index is 0.0772. The smallest absolute Gasteiger partial charge is 0.261 e. The first kappa shape index (κ1) is 21.1. The minimum atomic E-state index is -2.58. The molecule has 4 nitrogen and oxygen atoms in total. The van der Waals surface area contributed by atoms with E-state index in [0.29, 0.717) is 12.5 Å². The van der Waals surface area contributed by atoms with Gasteiger partial charge in [-0.25, -0.2) is 4.98 Å². The molecule has 0 aliphatic heterocycles. The summed E-state index contributed by atoms with van der Waals surface area (Å²) in [5, 5.41) is 11.8. The van der Waals surface area contributed by atoms with Crippen LogP contribution in [-0.2, 0) is 4.43 Å². The summed E-state index contributed by atoms with van der Waals surface area (Å²) in [6.45, 7) is 9.19. The van der Waals surface area contributed by atoms with Crippen molar-refractivity contribution in [3.63, 3.8) is 0 Å². The molecule has 0 fully saturated rings. The number of nitrogens with zero attached hydrogens (tertiary/aromatic N) is 1. The van der Waals surface area contributed by atoms with E-state index in [0.717, 1.165) is 0 Å². The number of rotatable bonds is 7. The average molecular weight is 408 g/mol. The Balaban J connectivity index is 1.92. The third kappa shape index (κ3) is 4.69. The van der Waals surface area contributed by atoms with Crippen LogP contribution in [-0.4, -0.2) is 31.1 Å². The lowest BCUT2D eigenvalue weighted by molar-refractivity contribution is 0.132. The van der Waals surface area contributed by atoms with E-state index in [9.17, 15) is 5.11 Å². The highest BCUT2D eigenvalue weighted by Gasteiger charge is 2.50. The number of pyridine rings is 1. The fourth-order valence-electron chi connectivity index (χ4n) is 3.69. The SMILES string of the molecule is CC(CO[Si](c1ccccc1)(c1ccccc1)C(C)(C)C)Oc1ccc(O)cn1. The van der Waals surface area contributed by atoms with Crippen LogP contribution in [0.15, 0.2) is 79.0 Å². The van der Waals surface area contributed by atoms with E-state index >= 15 is 0 Å². The molecule has 0 radical (unpaired) electrons. The van der Waals surface area contributed by atoms with E-state index in [-0.39, 0.29) is 16.9 Å². The molecule has 3 rings (SSSR count). The molecule has 1 aromatic heterocycles. The lowest BCUT2D eigenvalue weighted by atomic mass is 10.2. The van der Waals surface area contributed by atoms with Crippen LogP contribution in [0.4, 0.5) is 0 Å². The third-order valence-corrected chi connectivity index (χ3v) is 10.00.